The van der Waals surface area contributed by atoms with Gasteiger partial charge in [0.25, 0.3) is 0 Å². The second kappa shape index (κ2) is 9.54. The number of aliphatic hydroxyl groups excluding tert-OH is 1. The third-order valence-corrected chi connectivity index (χ3v) is 8.43. The van der Waals surface area contributed by atoms with Crippen molar-refractivity contribution in [3.05, 3.63) is 29.3 Å². The lowest BCUT2D eigenvalue weighted by atomic mass is 9.62. The summed E-state index contributed by atoms with van der Waals surface area (Å²) in [6, 6.07) is 4.99. The molecule has 8 heteroatoms. The van der Waals surface area contributed by atoms with Crippen molar-refractivity contribution in [3.63, 3.8) is 0 Å². The second-order valence-corrected chi connectivity index (χ2v) is 10.7. The van der Waals surface area contributed by atoms with Crippen LogP contribution in [-0.4, -0.2) is 64.7 Å². The van der Waals surface area contributed by atoms with Crippen molar-refractivity contribution in [2.45, 2.75) is 77.5 Å². The molecular weight excluding hydrogens is 446 g/mol. The molecule has 3 unspecified atom stereocenters. The van der Waals surface area contributed by atoms with Gasteiger partial charge in [0.15, 0.2) is 0 Å². The van der Waals surface area contributed by atoms with Crippen LogP contribution in [0.15, 0.2) is 18.2 Å². The maximum Gasteiger partial charge on any atom is 0.250 e. The van der Waals surface area contributed by atoms with Gasteiger partial charge in [0.1, 0.15) is 11.6 Å². The van der Waals surface area contributed by atoms with Crippen molar-refractivity contribution in [2.24, 2.45) is 17.8 Å². The summed E-state index contributed by atoms with van der Waals surface area (Å²) in [4.78, 5) is 42.9. The largest absolute Gasteiger partial charge is 0.396 e. The zero-order valence-electron chi connectivity index (χ0n) is 21.5. The monoisotopic (exact) mass is 485 g/mol. The predicted octanol–water partition coefficient (Wildman–Crippen LogP) is 2.55. The number of carbonyl (C=O) groups is 3. The first-order valence-corrected chi connectivity index (χ1v) is 12.9. The van der Waals surface area contributed by atoms with Crippen LogP contribution in [0.1, 0.15) is 57.6 Å². The number of carbonyl (C=O) groups excluding carboxylic acids is 3. The number of aryl methyl sites for hydroxylation is 2. The molecule has 1 aromatic rings. The van der Waals surface area contributed by atoms with Gasteiger partial charge in [0, 0.05) is 25.4 Å². The summed E-state index contributed by atoms with van der Waals surface area (Å²) in [7, 11) is 0. The molecule has 2 bridgehead atoms. The summed E-state index contributed by atoms with van der Waals surface area (Å²) < 4.78 is 6.70. The summed E-state index contributed by atoms with van der Waals surface area (Å²) in [5.74, 6) is -2.00. The molecule has 3 N–H and O–H groups in total. The molecule has 0 aromatic heterocycles. The van der Waals surface area contributed by atoms with E-state index in [-0.39, 0.29) is 30.2 Å². The average molecular weight is 486 g/mol. The van der Waals surface area contributed by atoms with Crippen LogP contribution in [0.4, 0.5) is 5.69 Å². The van der Waals surface area contributed by atoms with E-state index in [0.717, 1.165) is 23.2 Å². The minimum atomic E-state index is -1.06. The van der Waals surface area contributed by atoms with E-state index in [2.05, 4.69) is 10.6 Å². The number of benzene rings is 1. The van der Waals surface area contributed by atoms with E-state index in [4.69, 9.17) is 4.74 Å². The van der Waals surface area contributed by atoms with Gasteiger partial charge in [-0.05, 0) is 63.5 Å². The molecule has 3 aliphatic heterocycles. The lowest BCUT2D eigenvalue weighted by molar-refractivity contribution is -0.146. The molecule has 4 rings (SSSR count). The molecule has 3 heterocycles. The molecule has 3 aliphatic rings. The Morgan fingerprint density at radius 3 is 2.51 bits per heavy atom. The first-order chi connectivity index (χ1) is 16.6. The van der Waals surface area contributed by atoms with Gasteiger partial charge >= 0.3 is 0 Å². The number of nitrogens with zero attached hydrogens (tertiary/aromatic N) is 1. The molecule has 8 nitrogen and oxygen atoms in total. The lowest BCUT2D eigenvalue weighted by Crippen LogP contribution is -2.54. The second-order valence-electron chi connectivity index (χ2n) is 10.7. The first-order valence-electron chi connectivity index (χ1n) is 12.9. The summed E-state index contributed by atoms with van der Waals surface area (Å²) in [6.45, 7) is 10.7. The van der Waals surface area contributed by atoms with E-state index in [0.29, 0.717) is 32.4 Å². The molecule has 3 fully saturated rings. The van der Waals surface area contributed by atoms with Crippen LogP contribution in [0.2, 0.25) is 0 Å². The SMILES string of the molecule is CCCNC(=O)[C@H]1[C@H]2C(=O)N(CCCCO)C(C(=O)Nc3c(C)cccc3C)C23CC(C)[C@]1(C)O3. The Hall–Kier alpha value is -2.45. The minimum Gasteiger partial charge on any atom is -0.396 e. The van der Waals surface area contributed by atoms with Crippen molar-refractivity contribution in [1.82, 2.24) is 10.2 Å². The number of amides is 3. The van der Waals surface area contributed by atoms with Crippen LogP contribution in [0.25, 0.3) is 0 Å². The Morgan fingerprint density at radius 1 is 1.20 bits per heavy atom. The number of para-hydroxylation sites is 1. The molecule has 0 saturated carbocycles. The van der Waals surface area contributed by atoms with E-state index in [9.17, 15) is 19.5 Å². The van der Waals surface area contributed by atoms with Gasteiger partial charge in [-0.3, -0.25) is 14.4 Å². The number of ether oxygens (including phenoxy) is 1. The van der Waals surface area contributed by atoms with Gasteiger partial charge in [-0.25, -0.2) is 0 Å². The van der Waals surface area contributed by atoms with Crippen LogP contribution in [0.5, 0.6) is 0 Å². The molecule has 1 spiro atoms. The maximum absolute atomic E-state index is 14.0. The number of anilines is 1. The van der Waals surface area contributed by atoms with E-state index < -0.39 is 29.1 Å². The highest BCUT2D eigenvalue weighted by Crippen LogP contribution is 2.65. The third kappa shape index (κ3) is 3.95. The van der Waals surface area contributed by atoms with Crippen LogP contribution in [-0.2, 0) is 19.1 Å². The van der Waals surface area contributed by atoms with Crippen LogP contribution in [0, 0.1) is 31.6 Å². The van der Waals surface area contributed by atoms with Gasteiger partial charge in [-0.15, -0.1) is 0 Å². The first kappa shape index (κ1) is 25.6. The molecule has 3 saturated heterocycles. The van der Waals surface area contributed by atoms with E-state index in [1.165, 1.54) is 0 Å². The number of fused-ring (bicyclic) bond motifs is 1. The summed E-state index contributed by atoms with van der Waals surface area (Å²) in [5.41, 5.74) is 0.755. The summed E-state index contributed by atoms with van der Waals surface area (Å²) >= 11 is 0. The molecule has 0 radical (unpaired) electrons. The zero-order chi connectivity index (χ0) is 25.5. The third-order valence-electron chi connectivity index (χ3n) is 8.43. The molecular formula is C27H39N3O5. The standard InChI is InChI=1S/C27H39N3O5/c1-6-12-28-23(32)19-20-25(34)30(13-7-8-14-31)22(27(20)15-18(4)26(19,5)35-27)24(33)29-21-16(2)10-9-11-17(21)3/h9-11,18-20,22,31H,6-8,12-15H2,1-5H3,(H,28,32)(H,29,33)/t18?,19-,20+,22?,26+,27?/m1/s1. The van der Waals surface area contributed by atoms with Gasteiger partial charge in [0.05, 0.1) is 17.4 Å². The molecule has 0 aliphatic carbocycles. The van der Waals surface area contributed by atoms with E-state index in [1.54, 1.807) is 4.90 Å². The molecule has 6 atom stereocenters. The molecule has 1 aromatic carbocycles. The molecule has 192 valence electrons. The number of rotatable bonds is 9. The Kier molecular flexibility index (Phi) is 6.99. The Balaban J connectivity index is 1.74. The highest BCUT2D eigenvalue weighted by molar-refractivity contribution is 6.04. The Labute approximate surface area is 207 Å². The molecule has 35 heavy (non-hydrogen) atoms. The Bertz CT molecular complexity index is 992. The van der Waals surface area contributed by atoms with E-state index in [1.807, 2.05) is 52.8 Å². The minimum absolute atomic E-state index is 0.0109. The molecule has 3 amide bonds. The summed E-state index contributed by atoms with van der Waals surface area (Å²) in [6.07, 6.45) is 2.43. The van der Waals surface area contributed by atoms with Gasteiger partial charge in [-0.1, -0.05) is 32.0 Å². The topological polar surface area (TPSA) is 108 Å². The fourth-order valence-electron chi connectivity index (χ4n) is 6.63. The van der Waals surface area contributed by atoms with Crippen molar-refractivity contribution < 1.29 is 24.2 Å². The maximum atomic E-state index is 14.0. The van der Waals surface area contributed by atoms with Crippen molar-refractivity contribution in [2.75, 3.05) is 25.0 Å². The van der Waals surface area contributed by atoms with Crippen molar-refractivity contribution in [3.8, 4) is 0 Å². The van der Waals surface area contributed by atoms with Crippen LogP contribution < -0.4 is 10.6 Å². The number of nitrogens with one attached hydrogen (secondary N) is 2. The number of hydrogen-bond acceptors (Lipinski definition) is 5. The number of aliphatic hydroxyl groups is 1. The zero-order valence-corrected chi connectivity index (χ0v) is 21.5. The lowest BCUT2D eigenvalue weighted by Gasteiger charge is -2.36. The van der Waals surface area contributed by atoms with Crippen molar-refractivity contribution in [1.29, 1.82) is 0 Å². The number of unbranched alkanes of at least 4 members (excludes halogenated alkanes) is 1. The van der Waals surface area contributed by atoms with Crippen LogP contribution >= 0.6 is 0 Å². The van der Waals surface area contributed by atoms with Gasteiger partial charge in [-0.2, -0.15) is 0 Å². The Morgan fingerprint density at radius 2 is 1.89 bits per heavy atom. The highest BCUT2D eigenvalue weighted by Gasteiger charge is 2.79. The van der Waals surface area contributed by atoms with Crippen molar-refractivity contribution >= 4 is 23.4 Å². The fraction of sp³-hybridized carbons (Fsp3) is 0.667. The predicted molar refractivity (Wildman–Crippen MR) is 133 cm³/mol. The quantitative estimate of drug-likeness (QED) is 0.466. The smallest absolute Gasteiger partial charge is 0.250 e. The number of hydrogen-bond donors (Lipinski definition) is 3. The fourth-order valence-corrected chi connectivity index (χ4v) is 6.63. The van der Waals surface area contributed by atoms with Gasteiger partial charge in [0.2, 0.25) is 17.7 Å². The van der Waals surface area contributed by atoms with Crippen LogP contribution in [0.3, 0.4) is 0 Å². The average Bonchev–Trinajstić information content (AvgIpc) is 3.32. The summed E-state index contributed by atoms with van der Waals surface area (Å²) in [5, 5.41) is 15.4. The van der Waals surface area contributed by atoms with E-state index >= 15 is 0 Å². The number of likely N-dealkylation sites (tertiary alicyclic amines) is 1. The highest BCUT2D eigenvalue weighted by atomic mass is 16.5. The normalized spacial score (nSPS) is 33.2. The van der Waals surface area contributed by atoms with Gasteiger partial charge < -0.3 is 25.4 Å².